The highest BCUT2D eigenvalue weighted by Crippen LogP contribution is 2.29. The van der Waals surface area contributed by atoms with Gasteiger partial charge < -0.3 is 9.80 Å². The third-order valence-electron chi connectivity index (χ3n) is 3.53. The minimum atomic E-state index is 0.296. The Morgan fingerprint density at radius 3 is 2.58 bits per heavy atom. The normalized spacial score (nSPS) is 15.2. The SMILES string of the molecule is CN(C)c1nc(Cl)nc2ccc(N3CCCC3)cc12. The molecule has 0 amide bonds. The van der Waals surface area contributed by atoms with Gasteiger partial charge in [0.05, 0.1) is 5.52 Å². The second kappa shape index (κ2) is 4.85. The summed E-state index contributed by atoms with van der Waals surface area (Å²) in [6, 6.07) is 6.33. The maximum atomic E-state index is 5.98. The maximum absolute atomic E-state index is 5.98. The molecule has 100 valence electrons. The average molecular weight is 277 g/mol. The molecule has 2 aromatic rings. The summed E-state index contributed by atoms with van der Waals surface area (Å²) in [4.78, 5) is 13.0. The number of nitrogens with zero attached hydrogens (tertiary/aromatic N) is 4. The number of hydrogen-bond donors (Lipinski definition) is 0. The number of rotatable bonds is 2. The summed E-state index contributed by atoms with van der Waals surface area (Å²) >= 11 is 5.98. The molecule has 4 nitrogen and oxygen atoms in total. The summed E-state index contributed by atoms with van der Waals surface area (Å²) in [7, 11) is 3.95. The average Bonchev–Trinajstić information content (AvgIpc) is 2.91. The van der Waals surface area contributed by atoms with Crippen LogP contribution in [0.3, 0.4) is 0 Å². The summed E-state index contributed by atoms with van der Waals surface area (Å²) in [5.41, 5.74) is 2.14. The molecule has 0 N–H and O–H groups in total. The van der Waals surface area contributed by atoms with Crippen LogP contribution in [-0.2, 0) is 0 Å². The van der Waals surface area contributed by atoms with Crippen LogP contribution in [0.15, 0.2) is 18.2 Å². The van der Waals surface area contributed by atoms with Crippen LogP contribution < -0.4 is 9.80 Å². The molecule has 1 aromatic carbocycles. The van der Waals surface area contributed by atoms with Gasteiger partial charge in [-0.3, -0.25) is 0 Å². The van der Waals surface area contributed by atoms with Crippen LogP contribution in [0.5, 0.6) is 0 Å². The summed E-state index contributed by atoms with van der Waals surface area (Å²) in [5, 5.41) is 1.35. The number of hydrogen-bond acceptors (Lipinski definition) is 4. The van der Waals surface area contributed by atoms with Crippen molar-refractivity contribution in [2.45, 2.75) is 12.8 Å². The van der Waals surface area contributed by atoms with Gasteiger partial charge in [-0.1, -0.05) is 0 Å². The lowest BCUT2D eigenvalue weighted by Crippen LogP contribution is -2.17. The lowest BCUT2D eigenvalue weighted by molar-refractivity contribution is 0.949. The first-order valence-corrected chi connectivity index (χ1v) is 6.92. The van der Waals surface area contributed by atoms with E-state index in [0.717, 1.165) is 29.8 Å². The van der Waals surface area contributed by atoms with E-state index in [9.17, 15) is 0 Å². The Morgan fingerprint density at radius 2 is 1.89 bits per heavy atom. The summed E-state index contributed by atoms with van der Waals surface area (Å²) in [6.45, 7) is 2.27. The van der Waals surface area contributed by atoms with E-state index >= 15 is 0 Å². The molecule has 1 fully saturated rings. The largest absolute Gasteiger partial charge is 0.372 e. The first kappa shape index (κ1) is 12.5. The van der Waals surface area contributed by atoms with Crippen molar-refractivity contribution in [1.82, 2.24) is 9.97 Å². The molecule has 19 heavy (non-hydrogen) atoms. The van der Waals surface area contributed by atoms with Gasteiger partial charge in [0, 0.05) is 38.3 Å². The maximum Gasteiger partial charge on any atom is 0.224 e. The second-order valence-corrected chi connectivity index (χ2v) is 5.44. The Morgan fingerprint density at radius 1 is 1.16 bits per heavy atom. The predicted molar refractivity (Wildman–Crippen MR) is 80.3 cm³/mol. The molecule has 0 spiro atoms. The van der Waals surface area contributed by atoms with E-state index in [4.69, 9.17) is 11.6 Å². The zero-order valence-corrected chi connectivity index (χ0v) is 12.0. The third-order valence-corrected chi connectivity index (χ3v) is 3.70. The smallest absolute Gasteiger partial charge is 0.224 e. The number of fused-ring (bicyclic) bond motifs is 1. The molecule has 0 aliphatic carbocycles. The Balaban J connectivity index is 2.14. The topological polar surface area (TPSA) is 32.3 Å². The van der Waals surface area contributed by atoms with Crippen molar-refractivity contribution in [3.05, 3.63) is 23.5 Å². The highest BCUT2D eigenvalue weighted by atomic mass is 35.5. The van der Waals surface area contributed by atoms with E-state index in [2.05, 4.69) is 27.0 Å². The molecule has 0 unspecified atom stereocenters. The molecule has 2 heterocycles. The molecular formula is C14H17ClN4. The van der Waals surface area contributed by atoms with Crippen LogP contribution in [0.2, 0.25) is 5.28 Å². The Labute approximate surface area is 118 Å². The van der Waals surface area contributed by atoms with Crippen LogP contribution in [0.25, 0.3) is 10.9 Å². The number of benzene rings is 1. The standard InChI is InChI=1S/C14H17ClN4/c1-18(2)13-11-9-10(19-7-3-4-8-19)5-6-12(11)16-14(15)17-13/h5-6,9H,3-4,7-8H2,1-2H3. The fourth-order valence-corrected chi connectivity index (χ4v) is 2.76. The van der Waals surface area contributed by atoms with Crippen molar-refractivity contribution in [3.63, 3.8) is 0 Å². The highest BCUT2D eigenvalue weighted by Gasteiger charge is 2.15. The van der Waals surface area contributed by atoms with Crippen LogP contribution in [-0.4, -0.2) is 37.2 Å². The van der Waals surface area contributed by atoms with Crippen molar-refractivity contribution < 1.29 is 0 Å². The molecule has 0 bridgehead atoms. The minimum Gasteiger partial charge on any atom is -0.372 e. The lowest BCUT2D eigenvalue weighted by atomic mass is 10.2. The van der Waals surface area contributed by atoms with Gasteiger partial charge in [-0.15, -0.1) is 0 Å². The van der Waals surface area contributed by atoms with E-state index in [-0.39, 0.29) is 0 Å². The van der Waals surface area contributed by atoms with Gasteiger partial charge in [-0.2, -0.15) is 4.98 Å². The Kier molecular flexibility index (Phi) is 3.19. The zero-order valence-electron chi connectivity index (χ0n) is 11.2. The number of halogens is 1. The van der Waals surface area contributed by atoms with Crippen molar-refractivity contribution >= 4 is 34.0 Å². The van der Waals surface area contributed by atoms with Crippen molar-refractivity contribution in [2.75, 3.05) is 37.0 Å². The Bertz CT molecular complexity index is 606. The Hall–Kier alpha value is -1.55. The molecule has 1 saturated heterocycles. The van der Waals surface area contributed by atoms with Gasteiger partial charge in [0.1, 0.15) is 5.82 Å². The molecule has 1 aliphatic heterocycles. The molecule has 0 radical (unpaired) electrons. The van der Waals surface area contributed by atoms with Gasteiger partial charge in [-0.25, -0.2) is 4.98 Å². The van der Waals surface area contributed by atoms with Gasteiger partial charge in [-0.05, 0) is 42.6 Å². The van der Waals surface area contributed by atoms with E-state index in [1.54, 1.807) is 0 Å². The quantitative estimate of drug-likeness (QED) is 0.790. The van der Waals surface area contributed by atoms with Gasteiger partial charge in [0.15, 0.2) is 0 Å². The van der Waals surface area contributed by atoms with Crippen molar-refractivity contribution in [1.29, 1.82) is 0 Å². The fourth-order valence-electron chi connectivity index (χ4n) is 2.59. The first-order valence-electron chi connectivity index (χ1n) is 6.55. The van der Waals surface area contributed by atoms with E-state index in [0.29, 0.717) is 5.28 Å². The molecule has 0 atom stereocenters. The highest BCUT2D eigenvalue weighted by molar-refractivity contribution is 6.28. The van der Waals surface area contributed by atoms with Gasteiger partial charge in [0.2, 0.25) is 5.28 Å². The molecule has 1 aliphatic rings. The van der Waals surface area contributed by atoms with E-state index in [1.807, 2.05) is 25.1 Å². The summed E-state index contributed by atoms with van der Waals surface area (Å²) < 4.78 is 0. The molecule has 3 rings (SSSR count). The van der Waals surface area contributed by atoms with Crippen LogP contribution in [0.1, 0.15) is 12.8 Å². The van der Waals surface area contributed by atoms with Gasteiger partial charge in [0.25, 0.3) is 0 Å². The lowest BCUT2D eigenvalue weighted by Gasteiger charge is -2.20. The summed E-state index contributed by atoms with van der Waals surface area (Å²) in [6.07, 6.45) is 2.55. The monoisotopic (exact) mass is 276 g/mol. The molecule has 1 aromatic heterocycles. The molecule has 0 saturated carbocycles. The van der Waals surface area contributed by atoms with Crippen LogP contribution >= 0.6 is 11.6 Å². The zero-order chi connectivity index (χ0) is 13.4. The second-order valence-electron chi connectivity index (χ2n) is 5.11. The van der Waals surface area contributed by atoms with Crippen LogP contribution in [0, 0.1) is 0 Å². The van der Waals surface area contributed by atoms with Crippen LogP contribution in [0.4, 0.5) is 11.5 Å². The van der Waals surface area contributed by atoms with Gasteiger partial charge >= 0.3 is 0 Å². The van der Waals surface area contributed by atoms with Crippen molar-refractivity contribution in [3.8, 4) is 0 Å². The van der Waals surface area contributed by atoms with E-state index < -0.39 is 0 Å². The predicted octanol–water partition coefficient (Wildman–Crippen LogP) is 2.95. The molecule has 5 heteroatoms. The van der Waals surface area contributed by atoms with Crippen molar-refractivity contribution in [2.24, 2.45) is 0 Å². The number of aromatic nitrogens is 2. The third kappa shape index (κ3) is 2.32. The fraction of sp³-hybridized carbons (Fsp3) is 0.429. The number of anilines is 2. The van der Waals surface area contributed by atoms with E-state index in [1.165, 1.54) is 18.5 Å². The molecular weight excluding hydrogens is 260 g/mol. The minimum absolute atomic E-state index is 0.296. The first-order chi connectivity index (χ1) is 9.15. The summed E-state index contributed by atoms with van der Waals surface area (Å²) in [5.74, 6) is 0.871.